The maximum atomic E-state index is 5.53. The molecule has 0 amide bonds. The van der Waals surface area contributed by atoms with Gasteiger partial charge in [-0.1, -0.05) is 30.3 Å². The van der Waals surface area contributed by atoms with Gasteiger partial charge in [0, 0.05) is 6.54 Å². The molecule has 1 rings (SSSR count). The first kappa shape index (κ1) is 21.0. The molecule has 0 aliphatic carbocycles. The van der Waals surface area contributed by atoms with Gasteiger partial charge in [0.15, 0.2) is 0 Å². The summed E-state index contributed by atoms with van der Waals surface area (Å²) < 4.78 is 27.1. The Bertz CT molecular complexity index is 364. The summed E-state index contributed by atoms with van der Waals surface area (Å²) in [4.78, 5) is 0. The average Bonchev–Trinajstić information content (AvgIpc) is 2.62. The Hall–Kier alpha value is -1.02. The molecular weight excluding hydrogens is 310 g/mol. The van der Waals surface area contributed by atoms with Crippen molar-refractivity contribution in [3.63, 3.8) is 0 Å². The Balaban J connectivity index is 1.70. The van der Waals surface area contributed by atoms with Gasteiger partial charge >= 0.3 is 0 Å². The second-order valence-electron chi connectivity index (χ2n) is 5.09. The minimum Gasteiger partial charge on any atom is -0.378 e. The van der Waals surface area contributed by atoms with Crippen molar-refractivity contribution in [3.8, 4) is 0 Å². The van der Waals surface area contributed by atoms with Crippen LogP contribution in [0.4, 0.5) is 0 Å². The van der Waals surface area contributed by atoms with Gasteiger partial charge in [0.05, 0.1) is 66.1 Å². The number of hydrogen-bond acceptors (Lipinski definition) is 6. The van der Waals surface area contributed by atoms with Crippen LogP contribution in [0.2, 0.25) is 0 Å². The maximum absolute atomic E-state index is 5.53. The molecule has 0 fully saturated rings. The first-order valence-corrected chi connectivity index (χ1v) is 8.50. The molecule has 1 N–H and O–H groups in total. The Morgan fingerprint density at radius 2 is 1.08 bits per heavy atom. The van der Waals surface area contributed by atoms with Crippen molar-refractivity contribution >= 4 is 0 Å². The summed E-state index contributed by atoms with van der Waals surface area (Å²) in [5, 5.41) is 3.02. The largest absolute Gasteiger partial charge is 0.378 e. The van der Waals surface area contributed by atoms with Gasteiger partial charge in [-0.2, -0.15) is 0 Å². The number of nitrogens with one attached hydrogen (secondary N) is 1. The van der Waals surface area contributed by atoms with E-state index in [9.17, 15) is 0 Å². The van der Waals surface area contributed by atoms with E-state index in [-0.39, 0.29) is 0 Å². The molecule has 6 heteroatoms. The summed E-state index contributed by atoms with van der Waals surface area (Å²) in [6.45, 7) is 6.88. The van der Waals surface area contributed by atoms with Crippen LogP contribution >= 0.6 is 0 Å². The molecule has 0 saturated carbocycles. The van der Waals surface area contributed by atoms with Crippen LogP contribution < -0.4 is 5.32 Å². The highest BCUT2D eigenvalue weighted by atomic mass is 16.6. The number of rotatable bonds is 17. The summed E-state index contributed by atoms with van der Waals surface area (Å²) in [7, 11) is 1.90. The monoisotopic (exact) mass is 341 g/mol. The summed E-state index contributed by atoms with van der Waals surface area (Å²) in [6, 6.07) is 10.1. The summed E-state index contributed by atoms with van der Waals surface area (Å²) in [5.74, 6) is 0. The standard InChI is InChI=1S/C18H31NO5/c1-19-7-8-20-9-10-21-11-12-22-13-14-23-15-16-24-17-18-5-3-2-4-6-18/h2-6,19H,7-17H2,1H3. The normalized spacial score (nSPS) is 11.0. The molecule has 0 aliphatic rings. The summed E-state index contributed by atoms with van der Waals surface area (Å²) in [6.07, 6.45) is 0. The zero-order valence-electron chi connectivity index (χ0n) is 14.7. The maximum Gasteiger partial charge on any atom is 0.0718 e. The molecule has 0 bridgehead atoms. The number of benzene rings is 1. The van der Waals surface area contributed by atoms with E-state index in [2.05, 4.69) is 5.32 Å². The molecule has 6 nitrogen and oxygen atoms in total. The van der Waals surface area contributed by atoms with E-state index >= 15 is 0 Å². The van der Waals surface area contributed by atoms with Crippen molar-refractivity contribution < 1.29 is 23.7 Å². The van der Waals surface area contributed by atoms with Crippen LogP contribution in [0, 0.1) is 0 Å². The van der Waals surface area contributed by atoms with Crippen molar-refractivity contribution in [2.75, 3.05) is 73.1 Å². The molecule has 0 unspecified atom stereocenters. The Morgan fingerprint density at radius 1 is 0.625 bits per heavy atom. The van der Waals surface area contributed by atoms with Crippen LogP contribution in [0.5, 0.6) is 0 Å². The Kier molecular flexibility index (Phi) is 14.7. The molecule has 0 aliphatic heterocycles. The van der Waals surface area contributed by atoms with E-state index < -0.39 is 0 Å². The average molecular weight is 341 g/mol. The first-order valence-electron chi connectivity index (χ1n) is 8.50. The van der Waals surface area contributed by atoms with Crippen molar-refractivity contribution in [2.45, 2.75) is 6.61 Å². The fraction of sp³-hybridized carbons (Fsp3) is 0.667. The predicted molar refractivity (Wildman–Crippen MR) is 93.3 cm³/mol. The zero-order chi connectivity index (χ0) is 17.1. The van der Waals surface area contributed by atoms with Crippen molar-refractivity contribution in [1.82, 2.24) is 5.32 Å². The van der Waals surface area contributed by atoms with Crippen LogP contribution in [0.3, 0.4) is 0 Å². The van der Waals surface area contributed by atoms with Gasteiger partial charge in [0.1, 0.15) is 0 Å². The lowest BCUT2D eigenvalue weighted by molar-refractivity contribution is -0.0122. The third kappa shape index (κ3) is 13.4. The van der Waals surface area contributed by atoms with Gasteiger partial charge in [-0.15, -0.1) is 0 Å². The van der Waals surface area contributed by atoms with Crippen molar-refractivity contribution in [1.29, 1.82) is 0 Å². The predicted octanol–water partition coefficient (Wildman–Crippen LogP) is 1.49. The lowest BCUT2D eigenvalue weighted by atomic mass is 10.2. The summed E-state index contributed by atoms with van der Waals surface area (Å²) >= 11 is 0. The van der Waals surface area contributed by atoms with E-state index in [1.165, 1.54) is 5.56 Å². The van der Waals surface area contributed by atoms with Crippen LogP contribution in [0.1, 0.15) is 5.56 Å². The van der Waals surface area contributed by atoms with Crippen molar-refractivity contribution in [3.05, 3.63) is 35.9 Å². The van der Waals surface area contributed by atoms with Gasteiger partial charge in [-0.3, -0.25) is 0 Å². The topological polar surface area (TPSA) is 58.2 Å². The van der Waals surface area contributed by atoms with Gasteiger partial charge in [0.25, 0.3) is 0 Å². The quantitative estimate of drug-likeness (QED) is 0.433. The van der Waals surface area contributed by atoms with Crippen molar-refractivity contribution in [2.24, 2.45) is 0 Å². The molecule has 0 saturated heterocycles. The van der Waals surface area contributed by atoms with Crippen LogP contribution in [-0.4, -0.2) is 73.1 Å². The third-order valence-electron chi connectivity index (χ3n) is 3.10. The second kappa shape index (κ2) is 16.8. The van der Waals surface area contributed by atoms with E-state index in [1.807, 2.05) is 37.4 Å². The number of likely N-dealkylation sites (N-methyl/N-ethyl adjacent to an activating group) is 1. The SMILES string of the molecule is CNCCOCCOCCOCCOCCOCc1ccccc1. The van der Waals surface area contributed by atoms with Gasteiger partial charge in [-0.05, 0) is 12.6 Å². The highest BCUT2D eigenvalue weighted by Crippen LogP contribution is 1.99. The van der Waals surface area contributed by atoms with Gasteiger partial charge in [-0.25, -0.2) is 0 Å². The van der Waals surface area contributed by atoms with Gasteiger partial charge < -0.3 is 29.0 Å². The smallest absolute Gasteiger partial charge is 0.0718 e. The van der Waals surface area contributed by atoms with Crippen LogP contribution in [0.25, 0.3) is 0 Å². The van der Waals surface area contributed by atoms with Crippen LogP contribution in [0.15, 0.2) is 30.3 Å². The molecule has 1 aromatic rings. The third-order valence-corrected chi connectivity index (χ3v) is 3.10. The fourth-order valence-electron chi connectivity index (χ4n) is 1.82. The van der Waals surface area contributed by atoms with Gasteiger partial charge in [0.2, 0.25) is 0 Å². The highest BCUT2D eigenvalue weighted by molar-refractivity contribution is 5.13. The van der Waals surface area contributed by atoms with E-state index in [4.69, 9.17) is 23.7 Å². The lowest BCUT2D eigenvalue weighted by Gasteiger charge is -2.08. The molecule has 0 aromatic heterocycles. The number of hydrogen-bond donors (Lipinski definition) is 1. The highest BCUT2D eigenvalue weighted by Gasteiger charge is 1.94. The lowest BCUT2D eigenvalue weighted by Crippen LogP contribution is -2.17. The molecule has 0 radical (unpaired) electrons. The van der Waals surface area contributed by atoms with E-state index in [1.54, 1.807) is 0 Å². The van der Waals surface area contributed by atoms with E-state index in [0.29, 0.717) is 66.1 Å². The van der Waals surface area contributed by atoms with E-state index in [0.717, 1.165) is 6.54 Å². The molecule has 0 spiro atoms. The minimum atomic E-state index is 0.570. The molecule has 138 valence electrons. The molecule has 1 aromatic carbocycles. The second-order valence-corrected chi connectivity index (χ2v) is 5.09. The number of ether oxygens (including phenoxy) is 5. The Morgan fingerprint density at radius 3 is 1.58 bits per heavy atom. The molecule has 24 heavy (non-hydrogen) atoms. The Labute approximate surface area is 145 Å². The molecule has 0 atom stereocenters. The summed E-state index contributed by atoms with van der Waals surface area (Å²) in [5.41, 5.74) is 1.17. The fourth-order valence-corrected chi connectivity index (χ4v) is 1.82. The molecule has 0 heterocycles. The zero-order valence-corrected chi connectivity index (χ0v) is 14.7. The molecular formula is C18H31NO5. The minimum absolute atomic E-state index is 0.570. The first-order chi connectivity index (χ1) is 11.9. The van der Waals surface area contributed by atoms with Crippen LogP contribution in [-0.2, 0) is 30.3 Å².